The van der Waals surface area contributed by atoms with E-state index in [-0.39, 0.29) is 0 Å². The van der Waals surface area contributed by atoms with Gasteiger partial charge < -0.3 is 5.73 Å². The minimum Gasteiger partial charge on any atom is -0.327 e. The molecule has 0 aliphatic heterocycles. The van der Waals surface area contributed by atoms with Crippen LogP contribution >= 0.6 is 11.8 Å². The van der Waals surface area contributed by atoms with Gasteiger partial charge in [-0.15, -0.1) is 0 Å². The maximum atomic E-state index is 6.07. The maximum absolute atomic E-state index is 6.07. The highest BCUT2D eigenvalue weighted by atomic mass is 32.2. The molecule has 0 amide bonds. The zero-order valence-corrected chi connectivity index (χ0v) is 11.5. The Morgan fingerprint density at radius 2 is 2.00 bits per heavy atom. The Bertz CT molecular complexity index is 361. The van der Waals surface area contributed by atoms with E-state index < -0.39 is 0 Å². The Morgan fingerprint density at radius 3 is 2.59 bits per heavy atom. The fourth-order valence-corrected chi connectivity index (χ4v) is 3.50. The highest BCUT2D eigenvalue weighted by Gasteiger charge is 2.23. The molecule has 1 fully saturated rings. The third kappa shape index (κ3) is 3.68. The number of rotatable bonds is 4. The van der Waals surface area contributed by atoms with Gasteiger partial charge in [0.05, 0.1) is 0 Å². The van der Waals surface area contributed by atoms with Crippen molar-refractivity contribution in [2.75, 3.05) is 5.75 Å². The average molecular weight is 251 g/mol. The van der Waals surface area contributed by atoms with Crippen LogP contribution in [0.5, 0.6) is 0 Å². The highest BCUT2D eigenvalue weighted by molar-refractivity contribution is 7.99. The van der Waals surface area contributed by atoms with E-state index in [0.717, 1.165) is 22.3 Å². The minimum absolute atomic E-state index is 0.427. The van der Waals surface area contributed by atoms with Gasteiger partial charge >= 0.3 is 0 Å². The topological polar surface area (TPSA) is 51.8 Å². The lowest BCUT2D eigenvalue weighted by atomic mass is 10.0. The SMILES string of the molecule is Cc1cc(C)nc(SCCC2CCCC2N)n1. The number of aryl methyl sites for hydroxylation is 2. The summed E-state index contributed by atoms with van der Waals surface area (Å²) in [7, 11) is 0. The fourth-order valence-electron chi connectivity index (χ4n) is 2.48. The van der Waals surface area contributed by atoms with Crippen molar-refractivity contribution in [1.29, 1.82) is 0 Å². The van der Waals surface area contributed by atoms with Crippen LogP contribution in [0.3, 0.4) is 0 Å². The third-order valence-electron chi connectivity index (χ3n) is 3.40. The monoisotopic (exact) mass is 251 g/mol. The Kier molecular flexibility index (Phi) is 4.40. The van der Waals surface area contributed by atoms with Crippen LogP contribution in [0.15, 0.2) is 11.2 Å². The van der Waals surface area contributed by atoms with Crippen LogP contribution in [0.1, 0.15) is 37.1 Å². The van der Waals surface area contributed by atoms with Gasteiger partial charge in [-0.2, -0.15) is 0 Å². The lowest BCUT2D eigenvalue weighted by molar-refractivity contribution is 0.470. The largest absolute Gasteiger partial charge is 0.327 e. The van der Waals surface area contributed by atoms with Gasteiger partial charge in [-0.3, -0.25) is 0 Å². The van der Waals surface area contributed by atoms with Crippen molar-refractivity contribution in [2.45, 2.75) is 50.7 Å². The molecule has 0 saturated heterocycles. The van der Waals surface area contributed by atoms with Crippen molar-refractivity contribution < 1.29 is 0 Å². The normalized spacial score (nSPS) is 24.2. The fraction of sp³-hybridized carbons (Fsp3) is 0.692. The van der Waals surface area contributed by atoms with Crippen LogP contribution in [-0.4, -0.2) is 21.8 Å². The standard InChI is InChI=1S/C13H21N3S/c1-9-8-10(2)16-13(15-9)17-7-6-11-4-3-5-12(11)14/h8,11-12H,3-7,14H2,1-2H3. The Morgan fingerprint density at radius 1 is 1.29 bits per heavy atom. The molecule has 1 saturated carbocycles. The van der Waals surface area contributed by atoms with Crippen LogP contribution in [-0.2, 0) is 0 Å². The molecule has 1 aliphatic rings. The molecule has 1 aromatic heterocycles. The Balaban J connectivity index is 1.81. The first kappa shape index (κ1) is 12.8. The zero-order valence-electron chi connectivity index (χ0n) is 10.6. The highest BCUT2D eigenvalue weighted by Crippen LogP contribution is 2.29. The molecule has 94 valence electrons. The van der Waals surface area contributed by atoms with Gasteiger partial charge in [0.25, 0.3) is 0 Å². The summed E-state index contributed by atoms with van der Waals surface area (Å²) in [5.41, 5.74) is 8.17. The second-order valence-corrected chi connectivity index (χ2v) is 5.99. The van der Waals surface area contributed by atoms with E-state index in [2.05, 4.69) is 9.97 Å². The summed E-state index contributed by atoms with van der Waals surface area (Å²) in [6.45, 7) is 4.04. The first-order valence-electron chi connectivity index (χ1n) is 6.36. The summed E-state index contributed by atoms with van der Waals surface area (Å²) in [5.74, 6) is 1.80. The molecule has 1 heterocycles. The van der Waals surface area contributed by atoms with Crippen LogP contribution in [0.4, 0.5) is 0 Å². The number of thioether (sulfide) groups is 1. The van der Waals surface area contributed by atoms with Gasteiger partial charge in [0.2, 0.25) is 0 Å². The van der Waals surface area contributed by atoms with Gasteiger partial charge in [0.1, 0.15) is 0 Å². The molecule has 0 radical (unpaired) electrons. The van der Waals surface area contributed by atoms with Crippen molar-refractivity contribution in [2.24, 2.45) is 11.7 Å². The van der Waals surface area contributed by atoms with Crippen molar-refractivity contribution in [3.8, 4) is 0 Å². The molecular weight excluding hydrogens is 230 g/mol. The van der Waals surface area contributed by atoms with Gasteiger partial charge in [-0.05, 0) is 45.1 Å². The van der Waals surface area contributed by atoms with Crippen molar-refractivity contribution in [3.63, 3.8) is 0 Å². The maximum Gasteiger partial charge on any atom is 0.187 e. The van der Waals surface area contributed by atoms with Crippen LogP contribution < -0.4 is 5.73 Å². The summed E-state index contributed by atoms with van der Waals surface area (Å²) in [4.78, 5) is 8.88. The number of nitrogens with zero attached hydrogens (tertiary/aromatic N) is 2. The Labute approximate surface area is 108 Å². The number of aromatic nitrogens is 2. The zero-order chi connectivity index (χ0) is 12.3. The molecule has 1 aromatic rings. The molecule has 2 atom stereocenters. The lowest BCUT2D eigenvalue weighted by Crippen LogP contribution is -2.24. The Hall–Kier alpha value is -0.610. The quantitative estimate of drug-likeness (QED) is 0.660. The number of hydrogen-bond acceptors (Lipinski definition) is 4. The molecule has 2 rings (SSSR count). The van der Waals surface area contributed by atoms with Crippen molar-refractivity contribution >= 4 is 11.8 Å². The predicted molar refractivity (Wildman–Crippen MR) is 72.2 cm³/mol. The first-order valence-corrected chi connectivity index (χ1v) is 7.34. The van der Waals surface area contributed by atoms with E-state index in [0.29, 0.717) is 12.0 Å². The van der Waals surface area contributed by atoms with Gasteiger partial charge in [-0.1, -0.05) is 18.2 Å². The van der Waals surface area contributed by atoms with Crippen LogP contribution in [0.25, 0.3) is 0 Å². The van der Waals surface area contributed by atoms with E-state index in [1.54, 1.807) is 11.8 Å². The first-order chi connectivity index (χ1) is 8.15. The predicted octanol–water partition coefficient (Wildman–Crippen LogP) is 2.70. The summed E-state index contributed by atoms with van der Waals surface area (Å²) in [6.07, 6.45) is 5.00. The van der Waals surface area contributed by atoms with Crippen molar-refractivity contribution in [3.05, 3.63) is 17.5 Å². The minimum atomic E-state index is 0.427. The number of hydrogen-bond donors (Lipinski definition) is 1. The molecular formula is C13H21N3S. The summed E-state index contributed by atoms with van der Waals surface area (Å²) >= 11 is 1.76. The van der Waals surface area contributed by atoms with Crippen LogP contribution in [0, 0.1) is 19.8 Å². The summed E-state index contributed by atoms with van der Waals surface area (Å²) in [5, 5.41) is 0.911. The van der Waals surface area contributed by atoms with Crippen molar-refractivity contribution in [1.82, 2.24) is 9.97 Å². The molecule has 0 spiro atoms. The molecule has 2 N–H and O–H groups in total. The lowest BCUT2D eigenvalue weighted by Gasteiger charge is -2.14. The third-order valence-corrected chi connectivity index (χ3v) is 4.28. The molecule has 0 aromatic carbocycles. The average Bonchev–Trinajstić information content (AvgIpc) is 2.63. The van der Waals surface area contributed by atoms with Crippen LogP contribution in [0.2, 0.25) is 0 Å². The smallest absolute Gasteiger partial charge is 0.187 e. The van der Waals surface area contributed by atoms with Gasteiger partial charge in [0.15, 0.2) is 5.16 Å². The summed E-state index contributed by atoms with van der Waals surface area (Å²) in [6, 6.07) is 2.44. The molecule has 17 heavy (non-hydrogen) atoms. The van der Waals surface area contributed by atoms with E-state index >= 15 is 0 Å². The van der Waals surface area contributed by atoms with E-state index in [1.165, 1.54) is 25.7 Å². The number of nitrogens with two attached hydrogens (primary N) is 1. The van der Waals surface area contributed by atoms with E-state index in [4.69, 9.17) is 5.73 Å². The van der Waals surface area contributed by atoms with Gasteiger partial charge in [-0.25, -0.2) is 9.97 Å². The second kappa shape index (κ2) is 5.83. The van der Waals surface area contributed by atoms with E-state index in [1.807, 2.05) is 19.9 Å². The molecule has 1 aliphatic carbocycles. The second-order valence-electron chi connectivity index (χ2n) is 4.93. The molecule has 2 unspecified atom stereocenters. The molecule has 0 bridgehead atoms. The molecule has 3 nitrogen and oxygen atoms in total. The van der Waals surface area contributed by atoms with Gasteiger partial charge in [0, 0.05) is 23.2 Å². The molecule has 4 heteroatoms. The van der Waals surface area contributed by atoms with E-state index in [9.17, 15) is 0 Å². The summed E-state index contributed by atoms with van der Waals surface area (Å²) < 4.78 is 0.